The fourth-order valence-electron chi connectivity index (χ4n) is 4.61. The molecule has 0 N–H and O–H groups in total. The zero-order valence-corrected chi connectivity index (χ0v) is 17.0. The van der Waals surface area contributed by atoms with Gasteiger partial charge in [0.25, 0.3) is 0 Å². The molecule has 2 aromatic rings. The molecule has 132 valence electrons. The molecule has 1 heteroatoms. The molecule has 0 aliphatic carbocycles. The normalized spacial score (nSPS) is 14.7. The summed E-state index contributed by atoms with van der Waals surface area (Å²) in [6.07, 6.45) is 5.78. The minimum Gasteiger partial charge on any atom is -0.189 e. The van der Waals surface area contributed by atoms with Gasteiger partial charge in [0.1, 0.15) is 0 Å². The van der Waals surface area contributed by atoms with Crippen LogP contribution in [0.4, 0.5) is 0 Å². The van der Waals surface area contributed by atoms with Crippen LogP contribution in [0.3, 0.4) is 0 Å². The molecule has 0 atom stereocenters. The van der Waals surface area contributed by atoms with Gasteiger partial charge in [0.05, 0.1) is 0 Å². The third-order valence-electron chi connectivity index (χ3n) is 5.99. The zero-order chi connectivity index (χ0) is 18.4. The third kappa shape index (κ3) is 2.84. The first-order chi connectivity index (χ1) is 11.8. The van der Waals surface area contributed by atoms with Crippen LogP contribution in [0.25, 0.3) is 17.3 Å². The summed E-state index contributed by atoms with van der Waals surface area (Å²) in [5.41, 5.74) is 11.4. The number of aryl methyl sites for hydroxylation is 2. The summed E-state index contributed by atoms with van der Waals surface area (Å²) in [7, 11) is 0. The van der Waals surface area contributed by atoms with Crippen molar-refractivity contribution < 1.29 is 4.57 Å². The summed E-state index contributed by atoms with van der Waals surface area (Å²) in [5, 5.41) is 0. The molecule has 0 radical (unpaired) electrons. The largest absolute Gasteiger partial charge is 0.216 e. The summed E-state index contributed by atoms with van der Waals surface area (Å²) in [4.78, 5) is 0. The Bertz CT molecular complexity index is 847. The first-order valence-corrected chi connectivity index (χ1v) is 9.64. The highest BCUT2D eigenvalue weighted by Crippen LogP contribution is 2.39. The monoisotopic (exact) mass is 334 g/mol. The van der Waals surface area contributed by atoms with Crippen LogP contribution in [0.1, 0.15) is 68.5 Å². The lowest BCUT2D eigenvalue weighted by molar-refractivity contribution is -0.763. The Hall–Kier alpha value is -1.89. The van der Waals surface area contributed by atoms with Crippen molar-refractivity contribution in [1.29, 1.82) is 0 Å². The number of hydrogen-bond acceptors (Lipinski definition) is 0. The number of fused-ring (bicyclic) bond motifs is 3. The molecule has 0 saturated heterocycles. The van der Waals surface area contributed by atoms with Gasteiger partial charge in [-0.25, -0.2) is 0 Å². The highest BCUT2D eigenvalue weighted by Gasteiger charge is 2.45. The molecule has 25 heavy (non-hydrogen) atoms. The molecule has 1 aliphatic rings. The van der Waals surface area contributed by atoms with E-state index in [2.05, 4.69) is 83.4 Å². The van der Waals surface area contributed by atoms with E-state index in [9.17, 15) is 0 Å². The highest BCUT2D eigenvalue weighted by atomic mass is 15.1. The van der Waals surface area contributed by atoms with Crippen LogP contribution >= 0.6 is 0 Å². The van der Waals surface area contributed by atoms with Gasteiger partial charge in [-0.3, -0.25) is 0 Å². The van der Waals surface area contributed by atoms with Crippen LogP contribution < -0.4 is 4.57 Å². The van der Waals surface area contributed by atoms with Crippen molar-refractivity contribution in [2.45, 2.75) is 73.3 Å². The van der Waals surface area contributed by atoms with Crippen molar-refractivity contribution in [2.75, 3.05) is 0 Å². The number of benzene rings is 1. The number of allylic oxidation sites excluding steroid dienone is 1. The number of hydrogen-bond donors (Lipinski definition) is 0. The van der Waals surface area contributed by atoms with Gasteiger partial charge >= 0.3 is 0 Å². The van der Waals surface area contributed by atoms with E-state index in [0.29, 0.717) is 0 Å². The zero-order valence-electron chi connectivity index (χ0n) is 17.0. The minimum atomic E-state index is 0.177. The molecule has 1 aromatic heterocycles. The van der Waals surface area contributed by atoms with Crippen LogP contribution in [-0.2, 0) is 12.0 Å². The molecule has 2 heterocycles. The quantitative estimate of drug-likeness (QED) is 0.601. The van der Waals surface area contributed by atoms with Crippen LogP contribution in [0.2, 0.25) is 0 Å². The number of pyridine rings is 1. The summed E-state index contributed by atoms with van der Waals surface area (Å²) in [6, 6.07) is 9.36. The summed E-state index contributed by atoms with van der Waals surface area (Å²) in [5.74, 6) is 0. The molecule has 1 aliphatic heterocycles. The molecule has 0 spiro atoms. The van der Waals surface area contributed by atoms with Gasteiger partial charge in [-0.2, -0.15) is 4.57 Å². The van der Waals surface area contributed by atoms with E-state index in [-0.39, 0.29) is 5.54 Å². The standard InChI is InChI=1S/C24H32N/c1-8-24(9-2)15-21-13-17(5)10-11-22(21)23-18(6)14-20(12-16(3)4)19(7)25(23)24/h10-14H,8-9,15H2,1-7H3/q+1. The van der Waals surface area contributed by atoms with Crippen LogP contribution in [0.5, 0.6) is 0 Å². The Labute approximate surface area is 153 Å². The molecule has 1 aromatic carbocycles. The Balaban J connectivity index is 2.42. The minimum absolute atomic E-state index is 0.177. The van der Waals surface area contributed by atoms with E-state index < -0.39 is 0 Å². The van der Waals surface area contributed by atoms with Gasteiger partial charge in [0, 0.05) is 42.9 Å². The number of rotatable bonds is 3. The predicted octanol–water partition coefficient (Wildman–Crippen LogP) is 6.06. The van der Waals surface area contributed by atoms with Crippen molar-refractivity contribution in [2.24, 2.45) is 0 Å². The van der Waals surface area contributed by atoms with Gasteiger partial charge in [-0.15, -0.1) is 0 Å². The topological polar surface area (TPSA) is 3.88 Å². The number of nitrogens with zero attached hydrogens (tertiary/aromatic N) is 1. The van der Waals surface area contributed by atoms with E-state index in [1.807, 2.05) is 0 Å². The second kappa shape index (κ2) is 6.44. The Morgan fingerprint density at radius 2 is 1.76 bits per heavy atom. The van der Waals surface area contributed by atoms with E-state index >= 15 is 0 Å². The first-order valence-electron chi connectivity index (χ1n) is 9.64. The van der Waals surface area contributed by atoms with Crippen molar-refractivity contribution in [1.82, 2.24) is 0 Å². The molecule has 3 rings (SSSR count). The fraction of sp³-hybridized carbons (Fsp3) is 0.458. The lowest BCUT2D eigenvalue weighted by Crippen LogP contribution is -2.62. The van der Waals surface area contributed by atoms with E-state index in [4.69, 9.17) is 0 Å². The van der Waals surface area contributed by atoms with Gasteiger partial charge < -0.3 is 0 Å². The van der Waals surface area contributed by atoms with Gasteiger partial charge in [0.2, 0.25) is 5.69 Å². The van der Waals surface area contributed by atoms with Crippen molar-refractivity contribution in [3.8, 4) is 11.3 Å². The SMILES string of the molecule is CCC1(CC)Cc2cc(C)ccc2-c2c(C)cc(C=C(C)C)c(C)[n+]21. The molecule has 1 nitrogen and oxygen atoms in total. The maximum absolute atomic E-state index is 2.68. The van der Waals surface area contributed by atoms with Gasteiger partial charge in [0.15, 0.2) is 11.2 Å². The van der Waals surface area contributed by atoms with Crippen molar-refractivity contribution >= 4 is 6.08 Å². The average molecular weight is 335 g/mol. The third-order valence-corrected chi connectivity index (χ3v) is 5.99. The highest BCUT2D eigenvalue weighted by molar-refractivity contribution is 5.68. The predicted molar refractivity (Wildman–Crippen MR) is 108 cm³/mol. The van der Waals surface area contributed by atoms with Crippen molar-refractivity contribution in [3.05, 3.63) is 57.8 Å². The number of aromatic nitrogens is 1. The lowest BCUT2D eigenvalue weighted by Gasteiger charge is -2.35. The molecule has 0 bridgehead atoms. The Morgan fingerprint density at radius 3 is 2.36 bits per heavy atom. The van der Waals surface area contributed by atoms with Gasteiger partial charge in [-0.05, 0) is 45.4 Å². The van der Waals surface area contributed by atoms with Crippen LogP contribution in [-0.4, -0.2) is 0 Å². The van der Waals surface area contributed by atoms with Crippen molar-refractivity contribution in [3.63, 3.8) is 0 Å². The van der Waals surface area contributed by atoms with E-state index in [1.54, 1.807) is 0 Å². The summed E-state index contributed by atoms with van der Waals surface area (Å²) >= 11 is 0. The van der Waals surface area contributed by atoms with E-state index in [1.165, 1.54) is 44.8 Å². The molecule has 0 saturated carbocycles. The van der Waals surface area contributed by atoms with E-state index in [0.717, 1.165) is 19.3 Å². The lowest BCUT2D eigenvalue weighted by atomic mass is 9.77. The molecule has 0 unspecified atom stereocenters. The second-order valence-corrected chi connectivity index (χ2v) is 8.04. The van der Waals surface area contributed by atoms with Gasteiger partial charge in [-0.1, -0.05) is 43.2 Å². The molecule has 0 amide bonds. The fourth-order valence-corrected chi connectivity index (χ4v) is 4.61. The Morgan fingerprint density at radius 1 is 1.08 bits per heavy atom. The summed E-state index contributed by atoms with van der Waals surface area (Å²) in [6.45, 7) is 15.9. The smallest absolute Gasteiger partial charge is 0.189 e. The Kier molecular flexibility index (Phi) is 4.62. The average Bonchev–Trinajstić information content (AvgIpc) is 2.57. The maximum Gasteiger partial charge on any atom is 0.216 e. The molecular weight excluding hydrogens is 302 g/mol. The van der Waals surface area contributed by atoms with Crippen LogP contribution in [0.15, 0.2) is 29.8 Å². The molecule has 0 fully saturated rings. The molecular formula is C24H32N+. The van der Waals surface area contributed by atoms with Crippen LogP contribution in [0, 0.1) is 20.8 Å². The second-order valence-electron chi connectivity index (χ2n) is 8.04. The maximum atomic E-state index is 2.68. The summed E-state index contributed by atoms with van der Waals surface area (Å²) < 4.78 is 2.68. The first kappa shape index (κ1) is 17.9.